The van der Waals surface area contributed by atoms with E-state index in [4.69, 9.17) is 0 Å². The molecule has 0 saturated heterocycles. The lowest BCUT2D eigenvalue weighted by atomic mass is 9.92. The number of anilines is 3. The van der Waals surface area contributed by atoms with Gasteiger partial charge in [0.05, 0.1) is 16.8 Å². The van der Waals surface area contributed by atoms with Crippen molar-refractivity contribution in [2.24, 2.45) is 0 Å². The number of nitrogens with one attached hydrogen (secondary N) is 2. The first-order valence-corrected chi connectivity index (χ1v) is 10.6. The van der Waals surface area contributed by atoms with Crippen LogP contribution in [0.15, 0.2) is 65.7 Å². The minimum Gasteiger partial charge on any atom is -0.354 e. The second-order valence-corrected chi connectivity index (χ2v) is 8.49. The predicted molar refractivity (Wildman–Crippen MR) is 108 cm³/mol. The number of fused-ring (bicyclic) bond motifs is 1. The lowest BCUT2D eigenvalue weighted by Crippen LogP contribution is -2.15. The number of aryl methyl sites for hydroxylation is 2. The van der Waals surface area contributed by atoms with E-state index in [0.717, 1.165) is 31.2 Å². The van der Waals surface area contributed by atoms with Crippen molar-refractivity contribution in [2.45, 2.75) is 30.6 Å². The number of sulfonamides is 1. The van der Waals surface area contributed by atoms with Crippen molar-refractivity contribution in [3.63, 3.8) is 0 Å². The Morgan fingerprint density at radius 2 is 1.57 bits per heavy atom. The van der Waals surface area contributed by atoms with Crippen LogP contribution in [0, 0.1) is 5.82 Å². The van der Waals surface area contributed by atoms with Crippen molar-refractivity contribution in [3.05, 3.63) is 77.7 Å². The monoisotopic (exact) mass is 397 g/mol. The maximum Gasteiger partial charge on any atom is 0.263 e. The van der Waals surface area contributed by atoms with Crippen molar-refractivity contribution in [3.8, 4) is 0 Å². The normalized spacial score (nSPS) is 13.6. The molecular weight excluding hydrogens is 377 g/mol. The zero-order valence-electron chi connectivity index (χ0n) is 15.2. The van der Waals surface area contributed by atoms with Gasteiger partial charge < -0.3 is 5.32 Å². The lowest BCUT2D eigenvalue weighted by molar-refractivity contribution is 0.600. The fraction of sp³-hybridized carbons (Fsp3) is 0.190. The van der Waals surface area contributed by atoms with Crippen LogP contribution in [0.5, 0.6) is 0 Å². The van der Waals surface area contributed by atoms with Gasteiger partial charge in [0, 0.05) is 5.69 Å². The zero-order chi connectivity index (χ0) is 19.6. The zero-order valence-corrected chi connectivity index (χ0v) is 16.0. The molecule has 0 aliphatic heterocycles. The van der Waals surface area contributed by atoms with Crippen LogP contribution in [0.1, 0.15) is 24.0 Å². The number of rotatable bonds is 5. The van der Waals surface area contributed by atoms with Gasteiger partial charge in [-0.15, -0.1) is 0 Å². The van der Waals surface area contributed by atoms with E-state index < -0.39 is 10.0 Å². The molecule has 0 saturated carbocycles. The van der Waals surface area contributed by atoms with E-state index in [0.29, 0.717) is 11.4 Å². The van der Waals surface area contributed by atoms with Crippen molar-refractivity contribution in [1.29, 1.82) is 0 Å². The Hall–Kier alpha value is -2.93. The Kier molecular flexibility index (Phi) is 5.00. The topological polar surface area (TPSA) is 71.1 Å². The molecule has 1 aliphatic rings. The first-order chi connectivity index (χ1) is 13.5. The first-order valence-electron chi connectivity index (χ1n) is 9.13. The number of halogens is 1. The number of benzene rings is 2. The summed E-state index contributed by atoms with van der Waals surface area (Å²) in [5.41, 5.74) is 3.73. The third kappa shape index (κ3) is 4.14. The molecule has 1 aliphatic carbocycles. The average Bonchev–Trinajstić information content (AvgIpc) is 2.70. The van der Waals surface area contributed by atoms with Gasteiger partial charge in [-0.1, -0.05) is 6.07 Å². The van der Waals surface area contributed by atoms with E-state index >= 15 is 0 Å². The van der Waals surface area contributed by atoms with Crippen molar-refractivity contribution < 1.29 is 12.8 Å². The summed E-state index contributed by atoms with van der Waals surface area (Å²) in [6, 6.07) is 14.6. The predicted octanol–water partition coefficient (Wildman–Crippen LogP) is 4.64. The summed E-state index contributed by atoms with van der Waals surface area (Å²) in [6.45, 7) is 0. The first kappa shape index (κ1) is 18.4. The minimum atomic E-state index is -3.70. The number of pyridine rings is 1. The highest BCUT2D eigenvalue weighted by molar-refractivity contribution is 7.92. The Labute approximate surface area is 163 Å². The minimum absolute atomic E-state index is 0.238. The number of nitrogens with zero attached hydrogens (tertiary/aromatic N) is 1. The van der Waals surface area contributed by atoms with E-state index in [2.05, 4.69) is 15.0 Å². The Balaban J connectivity index is 1.48. The molecule has 5 nitrogen and oxygen atoms in total. The van der Waals surface area contributed by atoms with E-state index in [1.807, 2.05) is 6.07 Å². The number of hydrogen-bond acceptors (Lipinski definition) is 4. The summed E-state index contributed by atoms with van der Waals surface area (Å²) in [5.74, 6) is -0.0713. The van der Waals surface area contributed by atoms with Crippen LogP contribution in [0.3, 0.4) is 0 Å². The van der Waals surface area contributed by atoms with Gasteiger partial charge in [-0.25, -0.2) is 17.8 Å². The van der Waals surface area contributed by atoms with Gasteiger partial charge in [-0.2, -0.15) is 0 Å². The van der Waals surface area contributed by atoms with Crippen molar-refractivity contribution in [1.82, 2.24) is 4.98 Å². The molecule has 4 rings (SSSR count). The van der Waals surface area contributed by atoms with Crippen molar-refractivity contribution >= 4 is 27.2 Å². The SMILES string of the molecule is O=S(=O)(Nc1ccc(Nc2ccc(F)cc2)cn1)c1ccc2c(c1)CCCC2. The number of aromatic nitrogens is 1. The van der Waals surface area contributed by atoms with Gasteiger partial charge >= 0.3 is 0 Å². The smallest absolute Gasteiger partial charge is 0.263 e. The van der Waals surface area contributed by atoms with E-state index in [-0.39, 0.29) is 16.5 Å². The van der Waals surface area contributed by atoms with E-state index in [9.17, 15) is 12.8 Å². The highest BCUT2D eigenvalue weighted by Crippen LogP contribution is 2.25. The summed E-state index contributed by atoms with van der Waals surface area (Å²) in [5, 5.41) is 3.08. The van der Waals surface area contributed by atoms with Crippen molar-refractivity contribution in [2.75, 3.05) is 10.0 Å². The largest absolute Gasteiger partial charge is 0.354 e. The highest BCUT2D eigenvalue weighted by Gasteiger charge is 2.18. The van der Waals surface area contributed by atoms with Crippen LogP contribution in [0.2, 0.25) is 0 Å². The van der Waals surface area contributed by atoms with Crippen LogP contribution in [-0.2, 0) is 22.9 Å². The maximum atomic E-state index is 13.0. The van der Waals surface area contributed by atoms with Gasteiger partial charge in [0.25, 0.3) is 10.0 Å². The van der Waals surface area contributed by atoms with Gasteiger partial charge in [0.2, 0.25) is 0 Å². The summed E-state index contributed by atoms with van der Waals surface area (Å²) in [6.07, 6.45) is 5.69. The second kappa shape index (κ2) is 7.59. The summed E-state index contributed by atoms with van der Waals surface area (Å²) < 4.78 is 40.9. The molecule has 0 atom stereocenters. The number of hydrogen-bond donors (Lipinski definition) is 2. The molecule has 2 N–H and O–H groups in total. The molecule has 0 amide bonds. The second-order valence-electron chi connectivity index (χ2n) is 6.81. The Bertz CT molecular complexity index is 1080. The summed E-state index contributed by atoms with van der Waals surface area (Å²) in [7, 11) is -3.70. The lowest BCUT2D eigenvalue weighted by Gasteiger charge is -2.17. The third-order valence-electron chi connectivity index (χ3n) is 4.77. The molecule has 0 unspecified atom stereocenters. The molecule has 0 fully saturated rings. The third-order valence-corrected chi connectivity index (χ3v) is 6.12. The van der Waals surface area contributed by atoms with Crippen LogP contribution >= 0.6 is 0 Å². The summed E-state index contributed by atoms with van der Waals surface area (Å²) in [4.78, 5) is 4.42. The Morgan fingerprint density at radius 1 is 0.857 bits per heavy atom. The average molecular weight is 397 g/mol. The van der Waals surface area contributed by atoms with Gasteiger partial charge in [-0.3, -0.25) is 4.72 Å². The summed E-state index contributed by atoms with van der Waals surface area (Å²) >= 11 is 0. The Morgan fingerprint density at radius 3 is 2.29 bits per heavy atom. The molecule has 144 valence electrons. The maximum absolute atomic E-state index is 13.0. The van der Waals surface area contributed by atoms with Gasteiger partial charge in [0.15, 0.2) is 0 Å². The van der Waals surface area contributed by atoms with Gasteiger partial charge in [0.1, 0.15) is 11.6 Å². The van der Waals surface area contributed by atoms with Crippen LogP contribution in [0.25, 0.3) is 0 Å². The molecule has 1 aromatic heterocycles. The fourth-order valence-corrected chi connectivity index (χ4v) is 4.36. The van der Waals surface area contributed by atoms with Crippen LogP contribution < -0.4 is 10.0 Å². The molecule has 3 aromatic rings. The highest BCUT2D eigenvalue weighted by atomic mass is 32.2. The standard InChI is InChI=1S/C21H20FN3O2S/c22-17-6-8-18(9-7-17)24-19-10-12-21(23-14-19)25-28(26,27)20-11-5-15-3-1-2-4-16(15)13-20/h5-14,24H,1-4H2,(H,23,25). The quantitative estimate of drug-likeness (QED) is 0.658. The van der Waals surface area contributed by atoms with Crippen LogP contribution in [-0.4, -0.2) is 13.4 Å². The fourth-order valence-electron chi connectivity index (χ4n) is 3.30. The molecule has 2 aromatic carbocycles. The molecular formula is C21H20FN3O2S. The molecule has 28 heavy (non-hydrogen) atoms. The molecule has 0 spiro atoms. The molecule has 0 radical (unpaired) electrons. The molecule has 1 heterocycles. The van der Waals surface area contributed by atoms with Gasteiger partial charge in [-0.05, 0) is 85.3 Å². The van der Waals surface area contributed by atoms with E-state index in [1.165, 1.54) is 23.9 Å². The van der Waals surface area contributed by atoms with Crippen LogP contribution in [0.4, 0.5) is 21.6 Å². The molecule has 7 heteroatoms. The molecule has 0 bridgehead atoms. The van der Waals surface area contributed by atoms with E-state index in [1.54, 1.807) is 36.4 Å².